The Bertz CT molecular complexity index is 821. The van der Waals surface area contributed by atoms with Crippen LogP contribution in [-0.4, -0.2) is 64.6 Å². The molecule has 4 rings (SSSR count). The fourth-order valence-electron chi connectivity index (χ4n) is 4.75. The molecule has 0 bridgehead atoms. The molecule has 1 aromatic heterocycles. The lowest BCUT2D eigenvalue weighted by molar-refractivity contribution is 0.189. The molecule has 1 fully saturated rings. The molecule has 7 heteroatoms. The molecular weight excluding hydrogens is 499 g/mol. The van der Waals surface area contributed by atoms with Crippen LogP contribution in [0.1, 0.15) is 43.9 Å². The topological polar surface area (TPSA) is 48.7 Å². The zero-order valence-electron chi connectivity index (χ0n) is 18.9. The highest BCUT2D eigenvalue weighted by molar-refractivity contribution is 14.0. The highest BCUT2D eigenvalue weighted by Gasteiger charge is 2.28. The second-order valence-electron chi connectivity index (χ2n) is 8.67. The Morgan fingerprint density at radius 2 is 2.06 bits per heavy atom. The molecule has 0 aliphatic carbocycles. The third-order valence-corrected chi connectivity index (χ3v) is 6.56. The second kappa shape index (κ2) is 11.9. The number of guanidine groups is 1. The number of imidazole rings is 1. The van der Waals surface area contributed by atoms with Crippen molar-refractivity contribution >= 4 is 29.9 Å². The summed E-state index contributed by atoms with van der Waals surface area (Å²) in [5, 5.41) is 3.52. The number of hydrogen-bond donors (Lipinski definition) is 1. The molecular formula is C24H37IN6. The van der Waals surface area contributed by atoms with Crippen LogP contribution in [0.3, 0.4) is 0 Å². The fraction of sp³-hybridized carbons (Fsp3) is 0.583. The van der Waals surface area contributed by atoms with Crippen LogP contribution in [0.2, 0.25) is 0 Å². The first-order valence-electron chi connectivity index (χ1n) is 11.5. The number of rotatable bonds is 6. The summed E-state index contributed by atoms with van der Waals surface area (Å²) < 4.78 is 2.26. The first-order chi connectivity index (χ1) is 14.7. The number of nitrogens with zero attached hydrogens (tertiary/aromatic N) is 5. The highest BCUT2D eigenvalue weighted by Crippen LogP contribution is 2.27. The van der Waals surface area contributed by atoms with E-state index >= 15 is 0 Å². The van der Waals surface area contributed by atoms with Crippen molar-refractivity contribution in [3.63, 3.8) is 0 Å². The van der Waals surface area contributed by atoms with Crippen molar-refractivity contribution in [1.29, 1.82) is 0 Å². The van der Waals surface area contributed by atoms with Gasteiger partial charge in [0.1, 0.15) is 0 Å². The van der Waals surface area contributed by atoms with Gasteiger partial charge in [-0.3, -0.25) is 9.89 Å². The van der Waals surface area contributed by atoms with Gasteiger partial charge in [0.25, 0.3) is 0 Å². The summed E-state index contributed by atoms with van der Waals surface area (Å²) in [6, 6.07) is 9.32. The minimum Gasteiger partial charge on any atom is -0.357 e. The van der Waals surface area contributed by atoms with E-state index in [-0.39, 0.29) is 24.0 Å². The summed E-state index contributed by atoms with van der Waals surface area (Å²) in [4.78, 5) is 14.2. The van der Waals surface area contributed by atoms with Gasteiger partial charge < -0.3 is 14.8 Å². The number of nitrogens with one attached hydrogen (secondary N) is 1. The summed E-state index contributed by atoms with van der Waals surface area (Å²) in [5.74, 6) is 1.72. The molecule has 0 radical (unpaired) electrons. The van der Waals surface area contributed by atoms with E-state index in [0.29, 0.717) is 12.0 Å². The lowest BCUT2D eigenvalue weighted by Crippen LogP contribution is -2.49. The van der Waals surface area contributed by atoms with Gasteiger partial charge in [0.05, 0.1) is 12.4 Å². The zero-order valence-corrected chi connectivity index (χ0v) is 21.2. The zero-order chi connectivity index (χ0) is 20.8. The number of fused-ring (bicyclic) bond motifs is 1. The van der Waals surface area contributed by atoms with Gasteiger partial charge in [-0.05, 0) is 43.2 Å². The average Bonchev–Trinajstić information content (AvgIpc) is 3.31. The van der Waals surface area contributed by atoms with Crippen molar-refractivity contribution in [2.45, 2.75) is 45.7 Å². The lowest BCUT2D eigenvalue weighted by atomic mass is 9.93. The van der Waals surface area contributed by atoms with Crippen molar-refractivity contribution in [3.05, 3.63) is 54.1 Å². The maximum atomic E-state index is 4.99. The third kappa shape index (κ3) is 6.22. The summed E-state index contributed by atoms with van der Waals surface area (Å²) >= 11 is 0. The summed E-state index contributed by atoms with van der Waals surface area (Å²) in [5.41, 5.74) is 3.02. The van der Waals surface area contributed by atoms with Crippen LogP contribution in [0.25, 0.3) is 0 Å². The molecule has 1 aromatic carbocycles. The molecule has 2 atom stereocenters. The molecule has 31 heavy (non-hydrogen) atoms. The van der Waals surface area contributed by atoms with E-state index in [1.54, 1.807) is 0 Å². The number of hydrogen-bond acceptors (Lipinski definition) is 3. The van der Waals surface area contributed by atoms with Gasteiger partial charge in [0.2, 0.25) is 0 Å². The van der Waals surface area contributed by atoms with Crippen molar-refractivity contribution < 1.29 is 0 Å². The molecule has 2 aliphatic heterocycles. The Kier molecular flexibility index (Phi) is 9.19. The Hall–Kier alpha value is -1.61. The smallest absolute Gasteiger partial charge is 0.193 e. The number of aliphatic imine (C=N–C) groups is 1. The van der Waals surface area contributed by atoms with Crippen LogP contribution >= 0.6 is 24.0 Å². The van der Waals surface area contributed by atoms with E-state index in [2.05, 4.69) is 69.0 Å². The Balaban J connectivity index is 0.00000272. The molecule has 6 nitrogen and oxygen atoms in total. The van der Waals surface area contributed by atoms with Gasteiger partial charge in [-0.2, -0.15) is 0 Å². The minimum atomic E-state index is 0. The standard InChI is InChI=1S/C24H36N6.HI/c1-3-26-24(29-15-9-20(2)23(18-29)30-16-12-25-19-30)27-11-6-13-28-14-10-21-7-4-5-8-22(21)17-28;/h4-5,7-8,12,16,19-20,23H,3,6,9-11,13-15,17-18H2,1-2H3,(H,26,27);1H. The molecule has 0 amide bonds. The van der Waals surface area contributed by atoms with Crippen molar-refractivity contribution in [1.82, 2.24) is 24.7 Å². The average molecular weight is 537 g/mol. The minimum absolute atomic E-state index is 0. The maximum absolute atomic E-state index is 4.99. The molecule has 3 heterocycles. The van der Waals surface area contributed by atoms with Gasteiger partial charge in [-0.25, -0.2) is 4.98 Å². The number of likely N-dealkylation sites (tertiary alicyclic amines) is 1. The number of aromatic nitrogens is 2. The van der Waals surface area contributed by atoms with Crippen LogP contribution in [0.15, 0.2) is 48.0 Å². The monoisotopic (exact) mass is 536 g/mol. The van der Waals surface area contributed by atoms with Gasteiger partial charge >= 0.3 is 0 Å². The fourth-order valence-corrected chi connectivity index (χ4v) is 4.75. The molecule has 0 saturated carbocycles. The van der Waals surface area contributed by atoms with Crippen LogP contribution in [-0.2, 0) is 13.0 Å². The summed E-state index contributed by atoms with van der Waals surface area (Å²) in [6.07, 6.45) is 9.37. The van der Waals surface area contributed by atoms with Crippen LogP contribution in [0.5, 0.6) is 0 Å². The van der Waals surface area contributed by atoms with E-state index < -0.39 is 0 Å². The maximum Gasteiger partial charge on any atom is 0.193 e. The number of benzene rings is 1. The molecule has 2 aromatic rings. The van der Waals surface area contributed by atoms with E-state index in [1.807, 2.05) is 12.5 Å². The van der Waals surface area contributed by atoms with Gasteiger partial charge in [0.15, 0.2) is 5.96 Å². The predicted octanol–water partition coefficient (Wildman–Crippen LogP) is 3.80. The predicted molar refractivity (Wildman–Crippen MR) is 138 cm³/mol. The van der Waals surface area contributed by atoms with Crippen LogP contribution in [0, 0.1) is 5.92 Å². The van der Waals surface area contributed by atoms with Crippen molar-refractivity contribution in [2.24, 2.45) is 10.9 Å². The molecule has 170 valence electrons. The molecule has 0 spiro atoms. The van der Waals surface area contributed by atoms with Crippen molar-refractivity contribution in [2.75, 3.05) is 39.3 Å². The largest absolute Gasteiger partial charge is 0.357 e. The third-order valence-electron chi connectivity index (χ3n) is 6.56. The van der Waals surface area contributed by atoms with Crippen molar-refractivity contribution in [3.8, 4) is 0 Å². The van der Waals surface area contributed by atoms with Gasteiger partial charge in [0, 0.05) is 58.2 Å². The second-order valence-corrected chi connectivity index (χ2v) is 8.67. The van der Waals surface area contributed by atoms with E-state index in [9.17, 15) is 0 Å². The molecule has 2 aliphatic rings. The van der Waals surface area contributed by atoms with E-state index in [1.165, 1.54) is 24.0 Å². The quantitative estimate of drug-likeness (QED) is 0.264. The summed E-state index contributed by atoms with van der Waals surface area (Å²) in [6.45, 7) is 11.7. The van der Waals surface area contributed by atoms with Crippen LogP contribution in [0.4, 0.5) is 0 Å². The van der Waals surface area contributed by atoms with Gasteiger partial charge in [-0.15, -0.1) is 24.0 Å². The molecule has 2 unspecified atom stereocenters. The highest BCUT2D eigenvalue weighted by atomic mass is 127. The first kappa shape index (κ1) is 24.0. The Morgan fingerprint density at radius 1 is 1.23 bits per heavy atom. The SMILES string of the molecule is CCNC(=NCCCN1CCc2ccccc2C1)N1CCC(C)C(n2ccnc2)C1.I. The first-order valence-corrected chi connectivity index (χ1v) is 11.5. The normalized spacial score (nSPS) is 22.0. The Morgan fingerprint density at radius 3 is 2.84 bits per heavy atom. The van der Waals surface area contributed by atoms with Gasteiger partial charge in [-0.1, -0.05) is 31.2 Å². The molecule has 1 saturated heterocycles. The number of piperidine rings is 1. The number of halogens is 1. The van der Waals surface area contributed by atoms with E-state index in [4.69, 9.17) is 4.99 Å². The lowest BCUT2D eigenvalue weighted by Gasteiger charge is -2.39. The summed E-state index contributed by atoms with van der Waals surface area (Å²) in [7, 11) is 0. The van der Waals surface area contributed by atoms with Crippen LogP contribution < -0.4 is 5.32 Å². The molecule has 1 N–H and O–H groups in total. The van der Waals surface area contributed by atoms with E-state index in [0.717, 1.165) is 58.2 Å². The Labute approximate surface area is 204 Å².